The van der Waals surface area contributed by atoms with Crippen molar-refractivity contribution in [2.24, 2.45) is 7.05 Å². The Hall–Kier alpha value is -1.49. The fraction of sp³-hybridized carbons (Fsp3) is 0.733. The van der Waals surface area contributed by atoms with Crippen molar-refractivity contribution in [2.75, 3.05) is 44.4 Å². The standard InChI is InChI=1S/C15H22N4O5S/c1-17-7-12(6-16-17)19-10-15(24-8-14(19)20)9-18(4-5-23-11-15)25(21,22)13-2-3-13/h6-7,13H,2-5,8-11H2,1H3. The van der Waals surface area contributed by atoms with Gasteiger partial charge in [0.15, 0.2) is 0 Å². The van der Waals surface area contributed by atoms with Crippen molar-refractivity contribution in [3.8, 4) is 0 Å². The molecule has 1 atom stereocenters. The molecule has 10 heteroatoms. The molecule has 1 aliphatic carbocycles. The summed E-state index contributed by atoms with van der Waals surface area (Å²) in [4.78, 5) is 13.9. The number of carbonyl (C=O) groups excluding carboxylic acids is 1. The summed E-state index contributed by atoms with van der Waals surface area (Å²) in [5, 5.41) is 3.83. The minimum Gasteiger partial charge on any atom is -0.377 e. The van der Waals surface area contributed by atoms with Crippen molar-refractivity contribution in [3.05, 3.63) is 12.4 Å². The van der Waals surface area contributed by atoms with Gasteiger partial charge in [-0.05, 0) is 12.8 Å². The lowest BCUT2D eigenvalue weighted by Gasteiger charge is -2.42. The largest absolute Gasteiger partial charge is 0.377 e. The van der Waals surface area contributed by atoms with Crippen LogP contribution in [-0.4, -0.2) is 78.7 Å². The Morgan fingerprint density at radius 3 is 2.80 bits per heavy atom. The van der Waals surface area contributed by atoms with Crippen molar-refractivity contribution in [1.29, 1.82) is 0 Å². The molecule has 1 aromatic rings. The molecule has 0 radical (unpaired) electrons. The summed E-state index contributed by atoms with van der Waals surface area (Å²) in [6, 6.07) is 0. The van der Waals surface area contributed by atoms with Gasteiger partial charge in [0.1, 0.15) is 12.2 Å². The molecular weight excluding hydrogens is 348 g/mol. The monoisotopic (exact) mass is 370 g/mol. The van der Waals surface area contributed by atoms with Gasteiger partial charge >= 0.3 is 0 Å². The molecule has 3 fully saturated rings. The van der Waals surface area contributed by atoms with Gasteiger partial charge in [-0.3, -0.25) is 9.48 Å². The first-order valence-electron chi connectivity index (χ1n) is 8.39. The molecule has 1 aromatic heterocycles. The van der Waals surface area contributed by atoms with E-state index >= 15 is 0 Å². The van der Waals surface area contributed by atoms with Crippen molar-refractivity contribution in [1.82, 2.24) is 14.1 Å². The molecule has 0 N–H and O–H groups in total. The van der Waals surface area contributed by atoms with E-state index in [4.69, 9.17) is 9.47 Å². The van der Waals surface area contributed by atoms with E-state index in [-0.39, 0.29) is 37.5 Å². The zero-order chi connectivity index (χ0) is 17.7. The first-order valence-corrected chi connectivity index (χ1v) is 9.90. The van der Waals surface area contributed by atoms with Crippen LogP contribution in [0.3, 0.4) is 0 Å². The van der Waals surface area contributed by atoms with Crippen LogP contribution in [0.2, 0.25) is 0 Å². The number of anilines is 1. The normalized spacial score (nSPS) is 29.2. The summed E-state index contributed by atoms with van der Waals surface area (Å²) in [6.45, 7) is 1.26. The minimum absolute atomic E-state index is 0.102. The number of sulfonamides is 1. The Morgan fingerprint density at radius 2 is 2.12 bits per heavy atom. The SMILES string of the molecule is Cn1cc(N2CC3(COCCN(S(=O)(=O)C4CC4)C3)OCC2=O)cn1. The van der Waals surface area contributed by atoms with Gasteiger partial charge in [0.25, 0.3) is 5.91 Å². The van der Waals surface area contributed by atoms with Crippen LogP contribution in [0.25, 0.3) is 0 Å². The molecule has 1 saturated carbocycles. The maximum atomic E-state index is 12.7. The van der Waals surface area contributed by atoms with E-state index in [2.05, 4.69) is 5.10 Å². The highest BCUT2D eigenvalue weighted by atomic mass is 32.2. The van der Waals surface area contributed by atoms with Crippen LogP contribution in [-0.2, 0) is 31.3 Å². The molecular formula is C15H22N4O5S. The molecule has 9 nitrogen and oxygen atoms in total. The number of hydrogen-bond donors (Lipinski definition) is 0. The first kappa shape index (κ1) is 17.0. The zero-order valence-electron chi connectivity index (χ0n) is 14.1. The molecule has 1 spiro atoms. The number of carbonyl (C=O) groups is 1. The molecule has 1 amide bonds. The van der Waals surface area contributed by atoms with Crippen LogP contribution in [0.5, 0.6) is 0 Å². The summed E-state index contributed by atoms with van der Waals surface area (Å²) in [7, 11) is -1.54. The van der Waals surface area contributed by atoms with Gasteiger partial charge in [-0.15, -0.1) is 0 Å². The lowest BCUT2D eigenvalue weighted by Crippen LogP contribution is -2.61. The Bertz CT molecular complexity index is 775. The van der Waals surface area contributed by atoms with Crippen LogP contribution in [0, 0.1) is 0 Å². The molecule has 138 valence electrons. The molecule has 0 bridgehead atoms. The summed E-state index contributed by atoms with van der Waals surface area (Å²) in [5.41, 5.74) is -0.182. The minimum atomic E-state index is -3.33. The predicted octanol–water partition coefficient (Wildman–Crippen LogP) is -0.653. The van der Waals surface area contributed by atoms with Gasteiger partial charge < -0.3 is 14.4 Å². The summed E-state index contributed by atoms with van der Waals surface area (Å²) >= 11 is 0. The molecule has 3 aliphatic rings. The average molecular weight is 370 g/mol. The van der Waals surface area contributed by atoms with Crippen LogP contribution in [0.15, 0.2) is 12.4 Å². The number of ether oxygens (including phenoxy) is 2. The second kappa shape index (κ2) is 6.04. The van der Waals surface area contributed by atoms with Crippen LogP contribution >= 0.6 is 0 Å². The number of aromatic nitrogens is 2. The van der Waals surface area contributed by atoms with Crippen LogP contribution in [0.4, 0.5) is 5.69 Å². The second-order valence-electron chi connectivity index (χ2n) is 6.95. The van der Waals surface area contributed by atoms with Gasteiger partial charge in [0.2, 0.25) is 10.0 Å². The number of aryl methyl sites for hydroxylation is 1. The molecule has 4 rings (SSSR count). The molecule has 25 heavy (non-hydrogen) atoms. The third-order valence-corrected chi connectivity index (χ3v) is 7.22. The van der Waals surface area contributed by atoms with Crippen molar-refractivity contribution >= 4 is 21.6 Å². The lowest BCUT2D eigenvalue weighted by molar-refractivity contribution is -0.145. The zero-order valence-corrected chi connectivity index (χ0v) is 14.9. The molecule has 1 unspecified atom stereocenters. The average Bonchev–Trinajstić information content (AvgIpc) is 3.37. The summed E-state index contributed by atoms with van der Waals surface area (Å²) in [5.74, 6) is -0.167. The molecule has 2 saturated heterocycles. The third kappa shape index (κ3) is 3.19. The van der Waals surface area contributed by atoms with E-state index in [0.29, 0.717) is 31.7 Å². The maximum Gasteiger partial charge on any atom is 0.253 e. The van der Waals surface area contributed by atoms with Gasteiger partial charge in [-0.25, -0.2) is 8.42 Å². The Kier molecular flexibility index (Phi) is 4.10. The van der Waals surface area contributed by atoms with Crippen LogP contribution in [0.1, 0.15) is 12.8 Å². The van der Waals surface area contributed by atoms with E-state index in [9.17, 15) is 13.2 Å². The van der Waals surface area contributed by atoms with Crippen molar-refractivity contribution < 1.29 is 22.7 Å². The highest BCUT2D eigenvalue weighted by molar-refractivity contribution is 7.90. The number of rotatable bonds is 3. The number of nitrogens with zero attached hydrogens (tertiary/aromatic N) is 4. The van der Waals surface area contributed by atoms with E-state index in [1.165, 1.54) is 4.31 Å². The van der Waals surface area contributed by atoms with Gasteiger partial charge in [0.05, 0.1) is 36.9 Å². The lowest BCUT2D eigenvalue weighted by atomic mass is 10.0. The van der Waals surface area contributed by atoms with Crippen molar-refractivity contribution in [2.45, 2.75) is 23.7 Å². The Labute approximate surface area is 146 Å². The molecule has 0 aromatic carbocycles. The third-order valence-electron chi connectivity index (χ3n) is 4.87. The van der Waals surface area contributed by atoms with Gasteiger partial charge in [0, 0.05) is 26.3 Å². The highest BCUT2D eigenvalue weighted by Gasteiger charge is 2.48. The predicted molar refractivity (Wildman–Crippen MR) is 88.6 cm³/mol. The molecule has 2 aliphatic heterocycles. The number of morpholine rings is 1. The van der Waals surface area contributed by atoms with E-state index in [1.54, 1.807) is 29.0 Å². The quantitative estimate of drug-likeness (QED) is 0.702. The smallest absolute Gasteiger partial charge is 0.253 e. The van der Waals surface area contributed by atoms with E-state index < -0.39 is 15.6 Å². The second-order valence-corrected chi connectivity index (χ2v) is 9.17. The summed E-state index contributed by atoms with van der Waals surface area (Å²) in [6.07, 6.45) is 4.81. The Balaban J connectivity index is 1.59. The Morgan fingerprint density at radius 1 is 1.32 bits per heavy atom. The van der Waals surface area contributed by atoms with Gasteiger partial charge in [-0.1, -0.05) is 0 Å². The maximum absolute atomic E-state index is 12.7. The van der Waals surface area contributed by atoms with E-state index in [0.717, 1.165) is 0 Å². The first-order chi connectivity index (χ1) is 11.9. The number of amides is 1. The van der Waals surface area contributed by atoms with E-state index in [1.807, 2.05) is 0 Å². The van der Waals surface area contributed by atoms with Crippen LogP contribution < -0.4 is 4.90 Å². The highest BCUT2D eigenvalue weighted by Crippen LogP contribution is 2.34. The number of hydrogen-bond acceptors (Lipinski definition) is 6. The van der Waals surface area contributed by atoms with Crippen molar-refractivity contribution in [3.63, 3.8) is 0 Å². The summed E-state index contributed by atoms with van der Waals surface area (Å²) < 4.78 is 39.9. The van der Waals surface area contributed by atoms with Gasteiger partial charge in [-0.2, -0.15) is 9.40 Å². The topological polar surface area (TPSA) is 94.0 Å². The fourth-order valence-electron chi connectivity index (χ4n) is 3.35. The fourth-order valence-corrected chi connectivity index (χ4v) is 5.24. The molecule has 3 heterocycles.